The predicted molar refractivity (Wildman–Crippen MR) is 147 cm³/mol. The van der Waals surface area contributed by atoms with Crippen LogP contribution >= 0.6 is 11.6 Å². The van der Waals surface area contributed by atoms with E-state index in [9.17, 15) is 14.7 Å². The first-order valence-electron chi connectivity index (χ1n) is 13.6. The van der Waals surface area contributed by atoms with Crippen molar-refractivity contribution in [1.82, 2.24) is 15.5 Å². The van der Waals surface area contributed by atoms with Gasteiger partial charge in [-0.15, -0.1) is 0 Å². The number of methoxy groups -OCH3 is 1. The summed E-state index contributed by atoms with van der Waals surface area (Å²) in [5, 5.41) is 19.1. The van der Waals surface area contributed by atoms with Crippen molar-refractivity contribution in [2.75, 3.05) is 33.8 Å². The van der Waals surface area contributed by atoms with Gasteiger partial charge in [0.15, 0.2) is 0 Å². The number of hydrogen-bond donors (Lipinski definition) is 3. The van der Waals surface area contributed by atoms with Gasteiger partial charge in [0.2, 0.25) is 5.91 Å². The van der Waals surface area contributed by atoms with Gasteiger partial charge >= 0.3 is 6.09 Å². The average molecular weight is 546 g/mol. The normalized spacial score (nSPS) is 23.2. The Kier molecular flexibility index (Phi) is 9.39. The highest BCUT2D eigenvalue weighted by Crippen LogP contribution is 2.46. The topological polar surface area (TPSA) is 104 Å². The Balaban J connectivity index is 1.64. The molecule has 2 amide bonds. The van der Waals surface area contributed by atoms with Crippen LogP contribution < -0.4 is 10.6 Å². The maximum Gasteiger partial charge on any atom is 0.406 e. The van der Waals surface area contributed by atoms with Crippen molar-refractivity contribution in [2.45, 2.75) is 63.5 Å². The van der Waals surface area contributed by atoms with E-state index in [0.29, 0.717) is 60.4 Å². The van der Waals surface area contributed by atoms with Crippen LogP contribution in [0.4, 0.5) is 4.79 Å². The fraction of sp³-hybridized carbons (Fsp3) is 0.586. The van der Waals surface area contributed by atoms with Crippen LogP contribution in [0.15, 0.2) is 34.7 Å². The minimum absolute atomic E-state index is 0.0244. The number of nitrogens with zero attached hydrogens (tertiary/aromatic N) is 1. The van der Waals surface area contributed by atoms with Crippen molar-refractivity contribution in [2.24, 2.45) is 11.8 Å². The fourth-order valence-corrected chi connectivity index (χ4v) is 6.44. The zero-order chi connectivity index (χ0) is 27.3. The van der Waals surface area contributed by atoms with Crippen LogP contribution in [0.1, 0.15) is 56.3 Å². The van der Waals surface area contributed by atoms with Crippen LogP contribution in [0.2, 0.25) is 5.02 Å². The number of furan rings is 1. The Bertz CT molecular complexity index is 1120. The molecule has 38 heavy (non-hydrogen) atoms. The molecule has 0 radical (unpaired) electrons. The number of alkyl carbamates (subject to hydrolysis) is 1. The quantitative estimate of drug-likeness (QED) is 0.389. The lowest BCUT2D eigenvalue weighted by atomic mass is 9.72. The molecule has 4 rings (SSSR count). The van der Waals surface area contributed by atoms with E-state index in [-0.39, 0.29) is 17.7 Å². The van der Waals surface area contributed by atoms with Crippen molar-refractivity contribution in [3.63, 3.8) is 0 Å². The van der Waals surface area contributed by atoms with E-state index in [1.165, 1.54) is 7.11 Å². The highest BCUT2D eigenvalue weighted by molar-refractivity contribution is 6.33. The lowest BCUT2D eigenvalue weighted by molar-refractivity contribution is -0.140. The van der Waals surface area contributed by atoms with Gasteiger partial charge in [-0.05, 0) is 82.7 Å². The summed E-state index contributed by atoms with van der Waals surface area (Å²) in [6.07, 6.45) is 4.74. The molecule has 2 fully saturated rings. The summed E-state index contributed by atoms with van der Waals surface area (Å²) >= 11 is 6.72. The van der Waals surface area contributed by atoms with E-state index in [1.807, 2.05) is 43.1 Å². The Morgan fingerprint density at radius 1 is 1.24 bits per heavy atom. The smallest absolute Gasteiger partial charge is 0.406 e. The van der Waals surface area contributed by atoms with Crippen molar-refractivity contribution in [3.8, 4) is 11.3 Å². The molecule has 8 nitrogen and oxygen atoms in total. The standard InChI is InChI=1S/C29H40ClN3O5/c1-19-10-13-25(38-19)26-23(8-4-9-24(26)30)29(36,14-6-15-32-28(35)37-3)21-7-5-16-33(18-21)27(34)20-11-12-22(17-20)31-2/h4,8-10,13,20-22,31,36H,5-7,11-12,14-18H2,1-3H3,(H,32,35)/t20-,21?,22-,29+/m1/s1. The van der Waals surface area contributed by atoms with Gasteiger partial charge in [-0.3, -0.25) is 4.79 Å². The molecule has 1 aromatic heterocycles. The van der Waals surface area contributed by atoms with Crippen LogP contribution in [0.5, 0.6) is 0 Å². The zero-order valence-corrected chi connectivity index (χ0v) is 23.4. The van der Waals surface area contributed by atoms with E-state index in [4.69, 9.17) is 20.8 Å². The summed E-state index contributed by atoms with van der Waals surface area (Å²) in [4.78, 5) is 27.1. The predicted octanol–water partition coefficient (Wildman–Crippen LogP) is 4.86. The van der Waals surface area contributed by atoms with Gasteiger partial charge in [-0.25, -0.2) is 4.79 Å². The largest absolute Gasteiger partial charge is 0.461 e. The number of rotatable bonds is 9. The van der Waals surface area contributed by atoms with Gasteiger partial charge in [-0.1, -0.05) is 23.7 Å². The van der Waals surface area contributed by atoms with Crippen molar-refractivity contribution >= 4 is 23.6 Å². The molecule has 1 saturated carbocycles. The third-order valence-electron chi connectivity index (χ3n) is 8.25. The monoisotopic (exact) mass is 545 g/mol. The average Bonchev–Trinajstić information content (AvgIpc) is 3.59. The van der Waals surface area contributed by atoms with E-state index >= 15 is 0 Å². The van der Waals surface area contributed by atoms with Crippen LogP contribution in [0.3, 0.4) is 0 Å². The van der Waals surface area contributed by atoms with Crippen molar-refractivity contribution < 1.29 is 23.8 Å². The molecule has 208 valence electrons. The number of carbonyl (C=O) groups is 2. The molecule has 3 N–H and O–H groups in total. The highest BCUT2D eigenvalue weighted by Gasteiger charge is 2.44. The van der Waals surface area contributed by atoms with Gasteiger partial charge < -0.3 is 29.8 Å². The van der Waals surface area contributed by atoms with Crippen LogP contribution in [0, 0.1) is 18.8 Å². The second-order valence-corrected chi connectivity index (χ2v) is 11.0. The second kappa shape index (κ2) is 12.5. The van der Waals surface area contributed by atoms with Crippen molar-refractivity contribution in [3.05, 3.63) is 46.7 Å². The van der Waals surface area contributed by atoms with E-state index < -0.39 is 11.7 Å². The second-order valence-electron chi connectivity index (χ2n) is 10.6. The number of aryl methyl sites for hydroxylation is 1. The summed E-state index contributed by atoms with van der Waals surface area (Å²) in [7, 11) is 3.28. The molecule has 1 aliphatic heterocycles. The van der Waals surface area contributed by atoms with Crippen LogP contribution in [0.25, 0.3) is 11.3 Å². The number of hydrogen-bond acceptors (Lipinski definition) is 6. The molecular formula is C29H40ClN3O5. The molecule has 1 aliphatic carbocycles. The van der Waals surface area contributed by atoms with Gasteiger partial charge in [0.25, 0.3) is 0 Å². The number of benzene rings is 1. The Labute approximate surface area is 230 Å². The summed E-state index contributed by atoms with van der Waals surface area (Å²) in [6, 6.07) is 9.68. The number of halogens is 1. The number of ether oxygens (including phenoxy) is 1. The Morgan fingerprint density at radius 3 is 2.74 bits per heavy atom. The molecular weight excluding hydrogens is 506 g/mol. The first-order chi connectivity index (χ1) is 18.3. The number of nitrogens with one attached hydrogen (secondary N) is 2. The molecule has 1 unspecified atom stereocenters. The van der Waals surface area contributed by atoms with Gasteiger partial charge in [0.1, 0.15) is 11.5 Å². The summed E-state index contributed by atoms with van der Waals surface area (Å²) < 4.78 is 10.6. The number of piperidine rings is 1. The van der Waals surface area contributed by atoms with Gasteiger partial charge in [-0.2, -0.15) is 0 Å². The van der Waals surface area contributed by atoms with Gasteiger partial charge in [0.05, 0.1) is 17.7 Å². The fourth-order valence-electron chi connectivity index (χ4n) is 6.18. The Hall–Kier alpha value is -2.55. The molecule has 4 atom stereocenters. The third kappa shape index (κ3) is 6.19. The minimum Gasteiger partial charge on any atom is -0.461 e. The first kappa shape index (κ1) is 28.5. The summed E-state index contributed by atoms with van der Waals surface area (Å²) in [5.41, 5.74) is 0.0653. The molecule has 9 heteroatoms. The summed E-state index contributed by atoms with van der Waals surface area (Å²) in [6.45, 7) is 3.41. The molecule has 2 aromatic rings. The van der Waals surface area contributed by atoms with E-state index in [0.717, 1.165) is 37.9 Å². The minimum atomic E-state index is -1.29. The maximum absolute atomic E-state index is 13.5. The molecule has 0 bridgehead atoms. The lowest BCUT2D eigenvalue weighted by Crippen LogP contribution is -2.49. The Morgan fingerprint density at radius 2 is 2.05 bits per heavy atom. The zero-order valence-electron chi connectivity index (χ0n) is 22.6. The van der Waals surface area contributed by atoms with Crippen molar-refractivity contribution in [1.29, 1.82) is 0 Å². The SMILES string of the molecule is CN[C@@H]1CC[C@@H](C(=O)N2CCCC([C@@](O)(CCCNC(=O)OC)c3cccc(Cl)c3-c3ccc(C)o3)C2)C1. The van der Waals surface area contributed by atoms with E-state index in [1.54, 1.807) is 6.07 Å². The lowest BCUT2D eigenvalue weighted by Gasteiger charge is -2.44. The molecule has 1 saturated heterocycles. The number of likely N-dealkylation sites (tertiary alicyclic amines) is 1. The number of carbonyl (C=O) groups excluding carboxylic acids is 2. The maximum atomic E-state index is 13.5. The third-order valence-corrected chi connectivity index (χ3v) is 8.57. The summed E-state index contributed by atoms with van der Waals surface area (Å²) in [5.74, 6) is 1.36. The molecule has 2 aliphatic rings. The van der Waals surface area contributed by atoms with Crippen LogP contribution in [-0.2, 0) is 15.1 Å². The number of amides is 2. The van der Waals surface area contributed by atoms with Crippen LogP contribution in [-0.4, -0.2) is 61.8 Å². The molecule has 0 spiro atoms. The highest BCUT2D eigenvalue weighted by atomic mass is 35.5. The molecule has 1 aromatic carbocycles. The van der Waals surface area contributed by atoms with Gasteiger partial charge in [0, 0.05) is 43.1 Å². The first-order valence-corrected chi connectivity index (χ1v) is 14.0. The van der Waals surface area contributed by atoms with E-state index in [2.05, 4.69) is 10.6 Å². The molecule has 2 heterocycles. The number of aliphatic hydroxyl groups is 1.